The molecule has 0 aliphatic rings. The van der Waals surface area contributed by atoms with E-state index in [-0.39, 0.29) is 11.6 Å². The Balaban J connectivity index is 1.76. The molecule has 2 N–H and O–H groups in total. The second-order valence-electron chi connectivity index (χ2n) is 6.12. The number of para-hydroxylation sites is 1. The van der Waals surface area contributed by atoms with Gasteiger partial charge in [0.2, 0.25) is 5.91 Å². The zero-order valence-corrected chi connectivity index (χ0v) is 14.5. The summed E-state index contributed by atoms with van der Waals surface area (Å²) in [6.45, 7) is 4.81. The van der Waals surface area contributed by atoms with Gasteiger partial charge in [0.1, 0.15) is 0 Å². The molecule has 2 aromatic carbocycles. The lowest BCUT2D eigenvalue weighted by molar-refractivity contribution is -0.384. The second kappa shape index (κ2) is 8.82. The molecule has 0 saturated heterocycles. The van der Waals surface area contributed by atoms with Crippen molar-refractivity contribution in [3.8, 4) is 0 Å². The van der Waals surface area contributed by atoms with E-state index in [2.05, 4.69) is 24.5 Å². The Bertz CT molecular complexity index is 727. The molecule has 0 spiro atoms. The molecular formula is C19H23N3O3. The lowest BCUT2D eigenvalue weighted by Crippen LogP contribution is -2.14. The van der Waals surface area contributed by atoms with Crippen LogP contribution in [-0.4, -0.2) is 17.4 Å². The first kappa shape index (κ1) is 18.4. The summed E-state index contributed by atoms with van der Waals surface area (Å²) in [4.78, 5) is 22.3. The van der Waals surface area contributed by atoms with Gasteiger partial charge in [-0.2, -0.15) is 0 Å². The maximum Gasteiger partial charge on any atom is 0.269 e. The predicted octanol–water partition coefficient (Wildman–Crippen LogP) is 4.55. The Morgan fingerprint density at radius 2 is 1.80 bits per heavy atom. The monoisotopic (exact) mass is 341 g/mol. The standard InChI is InChI=1S/C19H23N3O3/c1-14(2)17-6-3-4-7-18(17)21-19(23)8-5-13-20-15-9-11-16(12-10-15)22(24)25/h3-4,6-7,9-12,14,20H,5,8,13H2,1-2H3,(H,21,23). The molecule has 0 aromatic heterocycles. The van der Waals surface area contributed by atoms with E-state index in [0.29, 0.717) is 25.3 Å². The van der Waals surface area contributed by atoms with Gasteiger partial charge in [0.25, 0.3) is 5.69 Å². The van der Waals surface area contributed by atoms with Gasteiger partial charge in [0.05, 0.1) is 4.92 Å². The first-order valence-corrected chi connectivity index (χ1v) is 8.34. The third-order valence-electron chi connectivity index (χ3n) is 3.84. The number of nitrogens with one attached hydrogen (secondary N) is 2. The number of anilines is 2. The molecule has 1 amide bonds. The highest BCUT2D eigenvalue weighted by atomic mass is 16.6. The molecule has 0 heterocycles. The molecular weight excluding hydrogens is 318 g/mol. The van der Waals surface area contributed by atoms with Crippen molar-refractivity contribution in [2.24, 2.45) is 0 Å². The average molecular weight is 341 g/mol. The van der Waals surface area contributed by atoms with Crippen molar-refractivity contribution in [1.82, 2.24) is 0 Å². The van der Waals surface area contributed by atoms with Crippen LogP contribution in [0.1, 0.15) is 38.2 Å². The number of nitro groups is 1. The molecule has 0 aliphatic carbocycles. The Morgan fingerprint density at radius 3 is 2.44 bits per heavy atom. The molecule has 0 unspecified atom stereocenters. The van der Waals surface area contributed by atoms with Crippen molar-refractivity contribution >= 4 is 23.0 Å². The van der Waals surface area contributed by atoms with Crippen LogP contribution in [0.25, 0.3) is 0 Å². The molecule has 2 rings (SSSR count). The van der Waals surface area contributed by atoms with Gasteiger partial charge in [0.15, 0.2) is 0 Å². The molecule has 0 saturated carbocycles. The topological polar surface area (TPSA) is 84.3 Å². The smallest absolute Gasteiger partial charge is 0.269 e. The molecule has 25 heavy (non-hydrogen) atoms. The fraction of sp³-hybridized carbons (Fsp3) is 0.316. The highest BCUT2D eigenvalue weighted by Crippen LogP contribution is 2.23. The maximum atomic E-state index is 12.1. The van der Waals surface area contributed by atoms with Crippen LogP contribution in [0, 0.1) is 10.1 Å². The summed E-state index contributed by atoms with van der Waals surface area (Å²) in [5, 5.41) is 16.7. The lowest BCUT2D eigenvalue weighted by atomic mass is 10.0. The van der Waals surface area contributed by atoms with Gasteiger partial charge in [0, 0.05) is 36.5 Å². The first-order chi connectivity index (χ1) is 12.0. The summed E-state index contributed by atoms with van der Waals surface area (Å²) in [5.74, 6) is 0.332. The van der Waals surface area contributed by atoms with E-state index >= 15 is 0 Å². The summed E-state index contributed by atoms with van der Waals surface area (Å²) < 4.78 is 0. The second-order valence-corrected chi connectivity index (χ2v) is 6.12. The summed E-state index contributed by atoms with van der Waals surface area (Å²) in [5.41, 5.74) is 2.86. The van der Waals surface area contributed by atoms with E-state index in [1.807, 2.05) is 24.3 Å². The summed E-state index contributed by atoms with van der Waals surface area (Å²) >= 11 is 0. The number of non-ortho nitro benzene ring substituents is 1. The number of amides is 1. The van der Waals surface area contributed by atoms with Gasteiger partial charge in [-0.15, -0.1) is 0 Å². The quantitative estimate of drug-likeness (QED) is 0.419. The van der Waals surface area contributed by atoms with Crippen LogP contribution < -0.4 is 10.6 Å². The third kappa shape index (κ3) is 5.60. The highest BCUT2D eigenvalue weighted by molar-refractivity contribution is 5.91. The van der Waals surface area contributed by atoms with E-state index in [0.717, 1.165) is 16.9 Å². The minimum atomic E-state index is -0.427. The molecule has 0 bridgehead atoms. The number of hydrogen-bond donors (Lipinski definition) is 2. The largest absolute Gasteiger partial charge is 0.385 e. The number of carbonyl (C=O) groups excluding carboxylic acids is 1. The van der Waals surface area contributed by atoms with Gasteiger partial charge in [-0.3, -0.25) is 14.9 Å². The summed E-state index contributed by atoms with van der Waals surface area (Å²) in [6, 6.07) is 14.1. The Kier molecular flexibility index (Phi) is 6.51. The number of carbonyl (C=O) groups is 1. The molecule has 0 atom stereocenters. The molecule has 0 radical (unpaired) electrons. The van der Waals surface area contributed by atoms with Gasteiger partial charge in [-0.05, 0) is 36.1 Å². The van der Waals surface area contributed by atoms with Gasteiger partial charge in [-0.25, -0.2) is 0 Å². The fourth-order valence-electron chi connectivity index (χ4n) is 2.51. The Labute approximate surface area is 147 Å². The number of benzene rings is 2. The minimum absolute atomic E-state index is 0.0152. The van der Waals surface area contributed by atoms with Crippen LogP contribution in [0.5, 0.6) is 0 Å². The highest BCUT2D eigenvalue weighted by Gasteiger charge is 2.09. The SMILES string of the molecule is CC(C)c1ccccc1NC(=O)CCCNc1ccc([N+](=O)[O-])cc1. The Morgan fingerprint density at radius 1 is 1.12 bits per heavy atom. The van der Waals surface area contributed by atoms with Crippen LogP contribution in [0.2, 0.25) is 0 Å². The normalized spacial score (nSPS) is 10.5. The van der Waals surface area contributed by atoms with Crippen molar-refractivity contribution in [2.45, 2.75) is 32.6 Å². The number of nitro benzene ring substituents is 1. The van der Waals surface area contributed by atoms with E-state index in [9.17, 15) is 14.9 Å². The summed E-state index contributed by atoms with van der Waals surface area (Å²) in [7, 11) is 0. The maximum absolute atomic E-state index is 12.1. The van der Waals surface area contributed by atoms with E-state index in [1.165, 1.54) is 12.1 Å². The molecule has 132 valence electrons. The molecule has 0 fully saturated rings. The zero-order valence-electron chi connectivity index (χ0n) is 14.5. The van der Waals surface area contributed by atoms with Gasteiger partial charge < -0.3 is 10.6 Å². The van der Waals surface area contributed by atoms with Gasteiger partial charge in [-0.1, -0.05) is 32.0 Å². The van der Waals surface area contributed by atoms with E-state index in [4.69, 9.17) is 0 Å². The minimum Gasteiger partial charge on any atom is -0.385 e. The number of nitrogens with zero attached hydrogens (tertiary/aromatic N) is 1. The van der Waals surface area contributed by atoms with Crippen molar-refractivity contribution < 1.29 is 9.72 Å². The fourth-order valence-corrected chi connectivity index (χ4v) is 2.51. The molecule has 2 aromatic rings. The number of hydrogen-bond acceptors (Lipinski definition) is 4. The van der Waals surface area contributed by atoms with Crippen molar-refractivity contribution in [1.29, 1.82) is 0 Å². The Hall–Kier alpha value is -2.89. The predicted molar refractivity (Wildman–Crippen MR) is 100.0 cm³/mol. The van der Waals surface area contributed by atoms with Gasteiger partial charge >= 0.3 is 0 Å². The molecule has 0 aliphatic heterocycles. The number of rotatable bonds is 8. The van der Waals surface area contributed by atoms with Crippen LogP contribution in [0.15, 0.2) is 48.5 Å². The van der Waals surface area contributed by atoms with Crippen molar-refractivity contribution in [2.75, 3.05) is 17.2 Å². The zero-order chi connectivity index (χ0) is 18.2. The van der Waals surface area contributed by atoms with Crippen molar-refractivity contribution in [3.63, 3.8) is 0 Å². The van der Waals surface area contributed by atoms with E-state index in [1.54, 1.807) is 12.1 Å². The third-order valence-corrected chi connectivity index (χ3v) is 3.84. The summed E-state index contributed by atoms with van der Waals surface area (Å²) in [6.07, 6.45) is 1.08. The average Bonchev–Trinajstić information content (AvgIpc) is 2.59. The van der Waals surface area contributed by atoms with Crippen LogP contribution in [0.4, 0.5) is 17.1 Å². The first-order valence-electron chi connectivity index (χ1n) is 8.34. The van der Waals surface area contributed by atoms with E-state index < -0.39 is 4.92 Å². The van der Waals surface area contributed by atoms with Crippen molar-refractivity contribution in [3.05, 3.63) is 64.2 Å². The molecule has 6 nitrogen and oxygen atoms in total. The van der Waals surface area contributed by atoms with Crippen LogP contribution in [0.3, 0.4) is 0 Å². The molecule has 6 heteroatoms. The van der Waals surface area contributed by atoms with Crippen LogP contribution >= 0.6 is 0 Å². The lowest BCUT2D eigenvalue weighted by Gasteiger charge is -2.13. The van der Waals surface area contributed by atoms with Crippen LogP contribution in [-0.2, 0) is 4.79 Å².